The topological polar surface area (TPSA) is 9.23 Å². The van der Waals surface area contributed by atoms with Gasteiger partial charge in [0.2, 0.25) is 0 Å². The van der Waals surface area contributed by atoms with Crippen molar-refractivity contribution in [3.63, 3.8) is 0 Å². The molecule has 0 aliphatic rings. The molecule has 0 saturated carbocycles. The average molecular weight is 510 g/mol. The molecule has 0 heterocycles. The fraction of sp³-hybridized carbons (Fsp3) is 0.684. The van der Waals surface area contributed by atoms with Crippen molar-refractivity contribution in [3.05, 3.63) is 35.4 Å². The molecule has 0 bridgehead atoms. The SMILES string of the molecule is CCCc1ccccc1C(C)(CC(F)(F)C(F)(F)C(F)(F)C(F)(F)C(F)(F)C(F)(F)F)OC. The molecular weight excluding hydrogens is 491 g/mol. The van der Waals surface area contributed by atoms with Gasteiger partial charge in [0.1, 0.15) is 0 Å². The lowest BCUT2D eigenvalue weighted by atomic mass is 9.81. The van der Waals surface area contributed by atoms with Gasteiger partial charge in [-0.1, -0.05) is 37.6 Å². The molecule has 1 atom stereocenters. The zero-order chi connectivity index (χ0) is 26.3. The number of hydrogen-bond acceptors (Lipinski definition) is 1. The van der Waals surface area contributed by atoms with E-state index in [-0.39, 0.29) is 17.5 Å². The Morgan fingerprint density at radius 2 is 1.15 bits per heavy atom. The minimum absolute atomic E-state index is 0.170. The number of methoxy groups -OCH3 is 1. The highest BCUT2D eigenvalue weighted by molar-refractivity contribution is 5.33. The van der Waals surface area contributed by atoms with Crippen LogP contribution in [0.1, 0.15) is 37.8 Å². The second-order valence-corrected chi connectivity index (χ2v) is 7.52. The molecule has 0 aromatic heterocycles. The number of aryl methyl sites for hydroxylation is 1. The highest BCUT2D eigenvalue weighted by Crippen LogP contribution is 2.61. The van der Waals surface area contributed by atoms with Crippen LogP contribution in [0.25, 0.3) is 0 Å². The summed E-state index contributed by atoms with van der Waals surface area (Å²) in [6, 6.07) is 5.13. The Morgan fingerprint density at radius 3 is 1.58 bits per heavy atom. The normalized spacial score (nSPS) is 16.6. The van der Waals surface area contributed by atoms with Crippen molar-refractivity contribution < 1.29 is 61.8 Å². The predicted octanol–water partition coefficient (Wildman–Crippen LogP) is 7.63. The van der Waals surface area contributed by atoms with E-state index in [1.54, 1.807) is 6.92 Å². The number of rotatable bonds is 10. The van der Waals surface area contributed by atoms with Gasteiger partial charge < -0.3 is 4.74 Å². The Kier molecular flexibility index (Phi) is 7.82. The second-order valence-electron chi connectivity index (χ2n) is 7.52. The lowest BCUT2D eigenvalue weighted by molar-refractivity contribution is -0.441. The third kappa shape index (κ3) is 4.63. The molecule has 1 aromatic carbocycles. The second kappa shape index (κ2) is 8.81. The van der Waals surface area contributed by atoms with Gasteiger partial charge in [-0.05, 0) is 24.5 Å². The Balaban J connectivity index is 3.57. The number of halogens is 13. The molecule has 0 spiro atoms. The summed E-state index contributed by atoms with van der Waals surface area (Å²) in [5, 5.41) is 0. The fourth-order valence-electron chi connectivity index (χ4n) is 3.14. The third-order valence-corrected chi connectivity index (χ3v) is 5.11. The Labute approximate surface area is 179 Å². The van der Waals surface area contributed by atoms with Crippen LogP contribution in [0.15, 0.2) is 24.3 Å². The Hall–Kier alpha value is -1.73. The van der Waals surface area contributed by atoms with Crippen LogP contribution in [0.3, 0.4) is 0 Å². The van der Waals surface area contributed by atoms with E-state index in [0.717, 1.165) is 13.0 Å². The number of ether oxygens (including phenoxy) is 1. The first-order chi connectivity index (χ1) is 14.6. The van der Waals surface area contributed by atoms with Crippen molar-refractivity contribution in [2.45, 2.75) is 74.5 Å². The molecule has 0 radical (unpaired) electrons. The maximum atomic E-state index is 14.4. The highest BCUT2D eigenvalue weighted by atomic mass is 19.4. The van der Waals surface area contributed by atoms with Crippen LogP contribution >= 0.6 is 0 Å². The van der Waals surface area contributed by atoms with Gasteiger partial charge in [-0.2, -0.15) is 57.1 Å². The largest absolute Gasteiger partial charge is 0.460 e. The molecule has 1 unspecified atom stereocenters. The molecular formula is C19H19F13O. The Morgan fingerprint density at radius 1 is 0.697 bits per heavy atom. The number of alkyl halides is 13. The Bertz CT molecular complexity index is 816. The first-order valence-electron chi connectivity index (χ1n) is 9.16. The maximum absolute atomic E-state index is 14.4. The first-order valence-corrected chi connectivity index (χ1v) is 9.16. The van der Waals surface area contributed by atoms with E-state index < -0.39 is 47.8 Å². The number of hydrogen-bond donors (Lipinski definition) is 0. The van der Waals surface area contributed by atoms with Gasteiger partial charge >= 0.3 is 35.8 Å². The quantitative estimate of drug-likeness (QED) is 0.294. The van der Waals surface area contributed by atoms with Gasteiger partial charge in [-0.25, -0.2) is 0 Å². The van der Waals surface area contributed by atoms with E-state index in [0.29, 0.717) is 13.5 Å². The van der Waals surface area contributed by atoms with E-state index in [9.17, 15) is 57.1 Å². The molecule has 0 amide bonds. The summed E-state index contributed by atoms with van der Waals surface area (Å²) >= 11 is 0. The zero-order valence-electron chi connectivity index (χ0n) is 17.3. The molecule has 14 heteroatoms. The smallest absolute Gasteiger partial charge is 0.374 e. The third-order valence-electron chi connectivity index (χ3n) is 5.11. The summed E-state index contributed by atoms with van der Waals surface area (Å²) in [5.41, 5.74) is -2.53. The fourth-order valence-corrected chi connectivity index (χ4v) is 3.14. The van der Waals surface area contributed by atoms with Gasteiger partial charge in [-0.3, -0.25) is 0 Å². The molecule has 192 valence electrons. The van der Waals surface area contributed by atoms with Gasteiger partial charge in [0, 0.05) is 7.11 Å². The van der Waals surface area contributed by atoms with Crippen LogP contribution < -0.4 is 0 Å². The molecule has 1 aromatic rings. The molecule has 1 rings (SSSR count). The van der Waals surface area contributed by atoms with Crippen LogP contribution in [0, 0.1) is 0 Å². The lowest BCUT2D eigenvalue weighted by Crippen LogP contribution is -2.70. The summed E-state index contributed by atoms with van der Waals surface area (Å²) in [4.78, 5) is 0. The van der Waals surface area contributed by atoms with Gasteiger partial charge in [0.15, 0.2) is 0 Å². The van der Waals surface area contributed by atoms with Crippen molar-refractivity contribution in [3.8, 4) is 0 Å². The summed E-state index contributed by atoms with van der Waals surface area (Å²) < 4.78 is 179. The molecule has 0 aliphatic carbocycles. The summed E-state index contributed by atoms with van der Waals surface area (Å²) in [7, 11) is 0.710. The van der Waals surface area contributed by atoms with Crippen LogP contribution in [-0.4, -0.2) is 42.9 Å². The monoisotopic (exact) mass is 510 g/mol. The van der Waals surface area contributed by atoms with Crippen LogP contribution in [0.2, 0.25) is 0 Å². The molecule has 0 saturated heterocycles. The van der Waals surface area contributed by atoms with E-state index in [2.05, 4.69) is 0 Å². The summed E-state index contributed by atoms with van der Waals surface area (Å²) in [6.45, 7) is 2.37. The van der Waals surface area contributed by atoms with Crippen molar-refractivity contribution in [1.82, 2.24) is 0 Å². The molecule has 0 fully saturated rings. The van der Waals surface area contributed by atoms with Crippen molar-refractivity contribution in [1.29, 1.82) is 0 Å². The number of benzene rings is 1. The first kappa shape index (κ1) is 29.3. The molecule has 0 aliphatic heterocycles. The minimum atomic E-state index is -7.92. The van der Waals surface area contributed by atoms with E-state index >= 15 is 0 Å². The minimum Gasteiger partial charge on any atom is -0.374 e. The van der Waals surface area contributed by atoms with E-state index in [4.69, 9.17) is 4.74 Å². The van der Waals surface area contributed by atoms with E-state index in [1.807, 2.05) is 0 Å². The summed E-state index contributed by atoms with van der Waals surface area (Å²) in [5.74, 6) is -37.1. The van der Waals surface area contributed by atoms with Gasteiger partial charge in [0.05, 0.1) is 12.0 Å². The predicted molar refractivity (Wildman–Crippen MR) is 90.2 cm³/mol. The standard InChI is InChI=1S/C19H19F13O/c1-4-7-11-8-5-6-9-12(11)13(2,33-3)10-14(20,21)15(22,23)16(24,25)17(26,27)18(28,29)19(30,31)32/h5-6,8-9H,4,7,10H2,1-3H3. The molecule has 1 nitrogen and oxygen atoms in total. The van der Waals surface area contributed by atoms with Crippen LogP contribution in [-0.2, 0) is 16.8 Å². The maximum Gasteiger partial charge on any atom is 0.460 e. The van der Waals surface area contributed by atoms with Crippen molar-refractivity contribution in [2.75, 3.05) is 7.11 Å². The van der Waals surface area contributed by atoms with Crippen LogP contribution in [0.4, 0.5) is 57.1 Å². The summed E-state index contributed by atoms with van der Waals surface area (Å²) in [6.07, 6.45) is -9.32. The molecule has 33 heavy (non-hydrogen) atoms. The molecule has 0 N–H and O–H groups in total. The highest BCUT2D eigenvalue weighted by Gasteiger charge is 2.90. The lowest BCUT2D eigenvalue weighted by Gasteiger charge is -2.42. The van der Waals surface area contributed by atoms with Crippen molar-refractivity contribution in [2.24, 2.45) is 0 Å². The van der Waals surface area contributed by atoms with Gasteiger partial charge in [-0.15, -0.1) is 0 Å². The van der Waals surface area contributed by atoms with Gasteiger partial charge in [0.25, 0.3) is 0 Å². The zero-order valence-corrected chi connectivity index (χ0v) is 17.3. The van der Waals surface area contributed by atoms with Crippen molar-refractivity contribution >= 4 is 0 Å². The van der Waals surface area contributed by atoms with E-state index in [1.165, 1.54) is 18.2 Å². The average Bonchev–Trinajstić information content (AvgIpc) is 2.66. The van der Waals surface area contributed by atoms with Crippen LogP contribution in [0.5, 0.6) is 0 Å².